The van der Waals surface area contributed by atoms with E-state index in [1.807, 2.05) is 31.2 Å². The molecule has 2 rings (SSSR count). The van der Waals surface area contributed by atoms with E-state index in [4.69, 9.17) is 10.00 Å². The lowest BCUT2D eigenvalue weighted by Gasteiger charge is -2.16. The molecule has 0 spiro atoms. The molecule has 1 aromatic rings. The average molecular weight is 231 g/mol. The van der Waals surface area contributed by atoms with Gasteiger partial charge >= 0.3 is 0 Å². The first kappa shape index (κ1) is 11.9. The Hall–Kier alpha value is -1.53. The number of nitriles is 1. The van der Waals surface area contributed by atoms with E-state index in [-0.39, 0.29) is 0 Å². The maximum atomic E-state index is 10.0. The molecule has 3 nitrogen and oxygen atoms in total. The van der Waals surface area contributed by atoms with Gasteiger partial charge in [0.05, 0.1) is 24.7 Å². The van der Waals surface area contributed by atoms with Crippen LogP contribution in [0.25, 0.3) is 0 Å². The number of ether oxygens (including phenoxy) is 1. The second kappa shape index (κ2) is 5.20. The number of aliphatic hydroxyl groups is 1. The quantitative estimate of drug-likeness (QED) is 0.847. The summed E-state index contributed by atoms with van der Waals surface area (Å²) >= 11 is 0. The van der Waals surface area contributed by atoms with Crippen molar-refractivity contribution in [3.63, 3.8) is 0 Å². The summed E-state index contributed by atoms with van der Waals surface area (Å²) in [4.78, 5) is 0. The van der Waals surface area contributed by atoms with Crippen molar-refractivity contribution in [2.24, 2.45) is 5.92 Å². The van der Waals surface area contributed by atoms with Crippen molar-refractivity contribution in [3.05, 3.63) is 29.8 Å². The van der Waals surface area contributed by atoms with Crippen LogP contribution in [-0.2, 0) is 0 Å². The minimum atomic E-state index is -0.530. The van der Waals surface area contributed by atoms with E-state index in [0.29, 0.717) is 12.5 Å². The molecule has 0 radical (unpaired) electrons. The smallest absolute Gasteiger partial charge is 0.119 e. The molecule has 3 heteroatoms. The summed E-state index contributed by atoms with van der Waals surface area (Å²) in [5, 5.41) is 19.2. The molecule has 2 atom stereocenters. The fraction of sp³-hybridized carbons (Fsp3) is 0.500. The largest absolute Gasteiger partial charge is 0.494 e. The molecule has 0 amide bonds. The fourth-order valence-electron chi connectivity index (χ4n) is 2.00. The first-order chi connectivity index (χ1) is 8.26. The molecule has 0 bridgehead atoms. The van der Waals surface area contributed by atoms with Gasteiger partial charge in [0.1, 0.15) is 5.75 Å². The molecule has 0 aliphatic heterocycles. The monoisotopic (exact) mass is 231 g/mol. The molecule has 0 saturated heterocycles. The summed E-state index contributed by atoms with van der Waals surface area (Å²) in [5.74, 6) is 0.693. The second-order valence-corrected chi connectivity index (χ2v) is 4.44. The first-order valence-electron chi connectivity index (χ1n) is 6.06. The van der Waals surface area contributed by atoms with Gasteiger partial charge in [0.2, 0.25) is 0 Å². The Morgan fingerprint density at radius 2 is 2.06 bits per heavy atom. The van der Waals surface area contributed by atoms with E-state index in [1.165, 1.54) is 0 Å². The maximum absolute atomic E-state index is 10.0. The summed E-state index contributed by atoms with van der Waals surface area (Å²) in [6.45, 7) is 2.56. The fourth-order valence-corrected chi connectivity index (χ4v) is 2.00. The summed E-state index contributed by atoms with van der Waals surface area (Å²) in [5.41, 5.74) is 0.871. The number of rotatable bonds is 5. The van der Waals surface area contributed by atoms with Gasteiger partial charge in [-0.1, -0.05) is 12.1 Å². The molecule has 0 aromatic heterocycles. The Bertz CT molecular complexity index is 403. The van der Waals surface area contributed by atoms with Gasteiger partial charge in [0.15, 0.2) is 0 Å². The van der Waals surface area contributed by atoms with Crippen molar-refractivity contribution < 1.29 is 9.84 Å². The Morgan fingerprint density at radius 1 is 1.41 bits per heavy atom. The third-order valence-electron chi connectivity index (χ3n) is 3.14. The zero-order valence-corrected chi connectivity index (χ0v) is 9.97. The molecular formula is C14H17NO2. The predicted molar refractivity (Wildman–Crippen MR) is 64.7 cm³/mol. The van der Waals surface area contributed by atoms with Crippen molar-refractivity contribution in [2.75, 3.05) is 6.61 Å². The van der Waals surface area contributed by atoms with Crippen LogP contribution in [0.15, 0.2) is 24.3 Å². The van der Waals surface area contributed by atoms with Crippen molar-refractivity contribution in [1.29, 1.82) is 5.26 Å². The van der Waals surface area contributed by atoms with Crippen LogP contribution in [-0.4, -0.2) is 17.8 Å². The summed E-state index contributed by atoms with van der Waals surface area (Å²) < 4.78 is 5.35. The van der Waals surface area contributed by atoms with E-state index < -0.39 is 12.0 Å². The zero-order chi connectivity index (χ0) is 12.3. The highest BCUT2D eigenvalue weighted by molar-refractivity contribution is 5.33. The lowest BCUT2D eigenvalue weighted by molar-refractivity contribution is 0.138. The maximum Gasteiger partial charge on any atom is 0.119 e. The molecule has 1 fully saturated rings. The number of aliphatic hydroxyl groups excluding tert-OH is 1. The minimum Gasteiger partial charge on any atom is -0.494 e. The standard InChI is InChI=1S/C14H17NO2/c1-2-17-12-7-5-10(6-8-12)13(9-15)14(16)11-3-4-11/h5-8,11,13-14,16H,2-4H2,1H3. The molecular weight excluding hydrogens is 214 g/mol. The third-order valence-corrected chi connectivity index (χ3v) is 3.14. The highest BCUT2D eigenvalue weighted by Gasteiger charge is 2.36. The SMILES string of the molecule is CCOc1ccc(C(C#N)C(O)C2CC2)cc1. The van der Waals surface area contributed by atoms with Crippen LogP contribution in [0.1, 0.15) is 31.2 Å². The molecule has 90 valence electrons. The van der Waals surface area contributed by atoms with Crippen LogP contribution in [0.3, 0.4) is 0 Å². The van der Waals surface area contributed by atoms with Crippen molar-refractivity contribution >= 4 is 0 Å². The lowest BCUT2D eigenvalue weighted by Crippen LogP contribution is -2.19. The summed E-state index contributed by atoms with van der Waals surface area (Å²) in [6, 6.07) is 9.63. The van der Waals surface area contributed by atoms with Crippen LogP contribution in [0, 0.1) is 17.2 Å². The molecule has 1 aliphatic rings. The van der Waals surface area contributed by atoms with E-state index in [1.54, 1.807) is 0 Å². The molecule has 1 aromatic carbocycles. The zero-order valence-electron chi connectivity index (χ0n) is 9.97. The van der Waals surface area contributed by atoms with E-state index in [9.17, 15) is 5.11 Å². The molecule has 1 saturated carbocycles. The molecule has 17 heavy (non-hydrogen) atoms. The minimum absolute atomic E-state index is 0.311. The van der Waals surface area contributed by atoms with Crippen LogP contribution in [0.5, 0.6) is 5.75 Å². The Labute approximate surface area is 102 Å². The topological polar surface area (TPSA) is 53.2 Å². The van der Waals surface area contributed by atoms with Gasteiger partial charge in [-0.05, 0) is 43.4 Å². The Balaban J connectivity index is 2.11. The van der Waals surface area contributed by atoms with Gasteiger partial charge in [-0.25, -0.2) is 0 Å². The van der Waals surface area contributed by atoms with Gasteiger partial charge in [0.25, 0.3) is 0 Å². The Morgan fingerprint density at radius 3 is 2.53 bits per heavy atom. The predicted octanol–water partition coefficient (Wildman–Crippen LogP) is 2.46. The van der Waals surface area contributed by atoms with E-state index in [2.05, 4.69) is 6.07 Å². The van der Waals surface area contributed by atoms with Crippen LogP contribution < -0.4 is 4.74 Å². The van der Waals surface area contributed by atoms with Crippen LogP contribution in [0.4, 0.5) is 0 Å². The molecule has 1 N–H and O–H groups in total. The van der Waals surface area contributed by atoms with Gasteiger partial charge in [-0.2, -0.15) is 5.26 Å². The number of nitrogens with zero attached hydrogens (tertiary/aromatic N) is 1. The number of hydrogen-bond acceptors (Lipinski definition) is 3. The summed E-state index contributed by atoms with van der Waals surface area (Å²) in [6.07, 6.45) is 1.55. The highest BCUT2D eigenvalue weighted by Crippen LogP contribution is 2.38. The number of hydrogen-bond donors (Lipinski definition) is 1. The highest BCUT2D eigenvalue weighted by atomic mass is 16.5. The van der Waals surface area contributed by atoms with Crippen molar-refractivity contribution in [1.82, 2.24) is 0 Å². The number of benzene rings is 1. The van der Waals surface area contributed by atoms with Crippen LogP contribution in [0.2, 0.25) is 0 Å². The van der Waals surface area contributed by atoms with Crippen LogP contribution >= 0.6 is 0 Å². The van der Waals surface area contributed by atoms with Crippen molar-refractivity contribution in [3.8, 4) is 11.8 Å². The van der Waals surface area contributed by atoms with E-state index >= 15 is 0 Å². The second-order valence-electron chi connectivity index (χ2n) is 4.44. The van der Waals surface area contributed by atoms with Gasteiger partial charge < -0.3 is 9.84 Å². The molecule has 2 unspecified atom stereocenters. The normalized spacial score (nSPS) is 18.2. The van der Waals surface area contributed by atoms with Gasteiger partial charge in [-0.15, -0.1) is 0 Å². The van der Waals surface area contributed by atoms with Crippen molar-refractivity contribution in [2.45, 2.75) is 31.8 Å². The first-order valence-corrected chi connectivity index (χ1v) is 6.06. The summed E-state index contributed by atoms with van der Waals surface area (Å²) in [7, 11) is 0. The van der Waals surface area contributed by atoms with E-state index in [0.717, 1.165) is 24.2 Å². The Kier molecular flexibility index (Phi) is 3.65. The lowest BCUT2D eigenvalue weighted by atomic mass is 9.92. The third kappa shape index (κ3) is 2.78. The average Bonchev–Trinajstić information content (AvgIpc) is 3.16. The van der Waals surface area contributed by atoms with Gasteiger partial charge in [0, 0.05) is 0 Å². The molecule has 0 heterocycles. The van der Waals surface area contributed by atoms with Gasteiger partial charge in [-0.3, -0.25) is 0 Å². The molecule has 1 aliphatic carbocycles.